The zero-order valence-corrected chi connectivity index (χ0v) is 13.0. The molecule has 1 aliphatic rings. The number of nitrogens with one attached hydrogen (secondary N) is 2. The van der Waals surface area contributed by atoms with Crippen molar-refractivity contribution in [1.29, 1.82) is 0 Å². The van der Waals surface area contributed by atoms with Crippen molar-refractivity contribution in [2.75, 3.05) is 32.6 Å². The highest BCUT2D eigenvalue weighted by atomic mass is 16.5. The topological polar surface area (TPSA) is 59.6 Å². The van der Waals surface area contributed by atoms with Crippen LogP contribution in [0.2, 0.25) is 0 Å². The van der Waals surface area contributed by atoms with Crippen molar-refractivity contribution in [2.45, 2.75) is 26.2 Å². The van der Waals surface area contributed by atoms with E-state index in [2.05, 4.69) is 17.6 Å². The van der Waals surface area contributed by atoms with Gasteiger partial charge in [-0.25, -0.2) is 0 Å². The number of carbonyl (C=O) groups excluding carboxylic acids is 1. The molecule has 0 atom stereocenters. The Morgan fingerprint density at radius 3 is 2.57 bits per heavy atom. The lowest BCUT2D eigenvalue weighted by Gasteiger charge is -2.35. The van der Waals surface area contributed by atoms with Crippen LogP contribution >= 0.6 is 0 Å². The first-order chi connectivity index (χ1) is 10.1. The molecule has 0 aromatic heterocycles. The average Bonchev–Trinajstić information content (AvgIpc) is 2.55. The molecule has 0 saturated carbocycles. The molecule has 21 heavy (non-hydrogen) atoms. The Balaban J connectivity index is 2.21. The number of benzene rings is 1. The summed E-state index contributed by atoms with van der Waals surface area (Å²) in [4.78, 5) is 12.8. The van der Waals surface area contributed by atoms with Gasteiger partial charge in [-0.3, -0.25) is 4.79 Å². The third kappa shape index (κ3) is 3.29. The summed E-state index contributed by atoms with van der Waals surface area (Å²) in [6, 6.07) is 5.41. The van der Waals surface area contributed by atoms with E-state index in [-0.39, 0.29) is 11.3 Å². The number of anilines is 1. The highest BCUT2D eigenvalue weighted by Crippen LogP contribution is 2.36. The van der Waals surface area contributed by atoms with E-state index in [0.717, 1.165) is 32.4 Å². The number of piperidine rings is 1. The highest BCUT2D eigenvalue weighted by Gasteiger charge is 2.38. The minimum Gasteiger partial charge on any atom is -0.497 e. The average molecular weight is 292 g/mol. The van der Waals surface area contributed by atoms with Crippen molar-refractivity contribution >= 4 is 11.6 Å². The number of hydrogen-bond acceptors (Lipinski definition) is 4. The quantitative estimate of drug-likeness (QED) is 0.875. The van der Waals surface area contributed by atoms with Crippen LogP contribution in [0, 0.1) is 5.41 Å². The molecule has 0 unspecified atom stereocenters. The molecule has 5 nitrogen and oxygen atoms in total. The SMILES string of the molecule is CCC1(C(=O)Nc2cc(OC)ccc2OC)CCNCC1. The second kappa shape index (κ2) is 6.80. The largest absolute Gasteiger partial charge is 0.497 e. The van der Waals surface area contributed by atoms with Crippen molar-refractivity contribution in [3.63, 3.8) is 0 Å². The highest BCUT2D eigenvalue weighted by molar-refractivity contribution is 5.96. The minimum atomic E-state index is -0.292. The van der Waals surface area contributed by atoms with Crippen LogP contribution in [0.25, 0.3) is 0 Å². The van der Waals surface area contributed by atoms with E-state index in [1.165, 1.54) is 0 Å². The molecule has 2 rings (SSSR count). The molecule has 1 saturated heterocycles. The second-order valence-corrected chi connectivity index (χ2v) is 5.40. The smallest absolute Gasteiger partial charge is 0.230 e. The molecule has 116 valence electrons. The van der Waals surface area contributed by atoms with Crippen molar-refractivity contribution in [2.24, 2.45) is 5.41 Å². The first-order valence-corrected chi connectivity index (χ1v) is 7.39. The molecule has 1 heterocycles. The monoisotopic (exact) mass is 292 g/mol. The van der Waals surface area contributed by atoms with E-state index in [0.29, 0.717) is 17.2 Å². The lowest BCUT2D eigenvalue weighted by atomic mass is 9.76. The first-order valence-electron chi connectivity index (χ1n) is 7.39. The Morgan fingerprint density at radius 1 is 1.29 bits per heavy atom. The fraction of sp³-hybridized carbons (Fsp3) is 0.562. The molecule has 0 aliphatic carbocycles. The molecule has 2 N–H and O–H groups in total. The summed E-state index contributed by atoms with van der Waals surface area (Å²) in [6.45, 7) is 3.85. The van der Waals surface area contributed by atoms with Crippen LogP contribution in [0.1, 0.15) is 26.2 Å². The van der Waals surface area contributed by atoms with E-state index >= 15 is 0 Å². The summed E-state index contributed by atoms with van der Waals surface area (Å²) in [7, 11) is 3.20. The minimum absolute atomic E-state index is 0.0676. The van der Waals surface area contributed by atoms with Gasteiger partial charge in [0.25, 0.3) is 0 Å². The molecule has 1 aromatic carbocycles. The van der Waals surface area contributed by atoms with E-state index in [9.17, 15) is 4.79 Å². The molecular weight excluding hydrogens is 268 g/mol. The summed E-state index contributed by atoms with van der Waals surface area (Å²) < 4.78 is 10.5. The fourth-order valence-corrected chi connectivity index (χ4v) is 2.81. The predicted molar refractivity (Wildman–Crippen MR) is 83.0 cm³/mol. The van der Waals surface area contributed by atoms with Gasteiger partial charge in [-0.1, -0.05) is 6.92 Å². The Labute approximate surface area is 126 Å². The maximum atomic E-state index is 12.8. The molecule has 0 spiro atoms. The Hall–Kier alpha value is -1.75. The van der Waals surface area contributed by atoms with E-state index in [1.807, 2.05) is 6.07 Å². The Morgan fingerprint density at radius 2 is 2.00 bits per heavy atom. The van der Waals surface area contributed by atoms with E-state index in [4.69, 9.17) is 9.47 Å². The lowest BCUT2D eigenvalue weighted by Crippen LogP contribution is -2.44. The van der Waals surface area contributed by atoms with Gasteiger partial charge in [0.05, 0.1) is 25.3 Å². The first kappa shape index (κ1) is 15.6. The van der Waals surface area contributed by atoms with Crippen LogP contribution in [0.4, 0.5) is 5.69 Å². The summed E-state index contributed by atoms with van der Waals surface area (Å²) in [5.74, 6) is 1.41. The molecule has 1 amide bonds. The van der Waals surface area contributed by atoms with Gasteiger partial charge in [0, 0.05) is 6.07 Å². The number of hydrogen-bond donors (Lipinski definition) is 2. The van der Waals surface area contributed by atoms with Gasteiger partial charge in [0.2, 0.25) is 5.91 Å². The van der Waals surface area contributed by atoms with Gasteiger partial charge >= 0.3 is 0 Å². The van der Waals surface area contributed by atoms with Crippen LogP contribution in [-0.4, -0.2) is 33.2 Å². The number of ether oxygens (including phenoxy) is 2. The van der Waals surface area contributed by atoms with Crippen molar-refractivity contribution in [1.82, 2.24) is 5.32 Å². The van der Waals surface area contributed by atoms with Gasteiger partial charge in [0.15, 0.2) is 0 Å². The van der Waals surface area contributed by atoms with Crippen molar-refractivity contribution in [3.8, 4) is 11.5 Å². The number of methoxy groups -OCH3 is 2. The van der Waals surface area contributed by atoms with Gasteiger partial charge in [-0.05, 0) is 44.5 Å². The molecule has 1 fully saturated rings. The predicted octanol–water partition coefficient (Wildman–Crippen LogP) is 2.42. The maximum absolute atomic E-state index is 12.8. The van der Waals surface area contributed by atoms with Crippen LogP contribution in [0.5, 0.6) is 11.5 Å². The molecule has 0 radical (unpaired) electrons. The number of carbonyl (C=O) groups is 1. The van der Waals surface area contributed by atoms with E-state index in [1.54, 1.807) is 26.4 Å². The van der Waals surface area contributed by atoms with Crippen LogP contribution in [0.3, 0.4) is 0 Å². The summed E-state index contributed by atoms with van der Waals surface area (Å²) in [5, 5.41) is 6.33. The lowest BCUT2D eigenvalue weighted by molar-refractivity contribution is -0.127. The van der Waals surface area contributed by atoms with Crippen molar-refractivity contribution in [3.05, 3.63) is 18.2 Å². The number of amides is 1. The normalized spacial score (nSPS) is 17.1. The van der Waals surface area contributed by atoms with Crippen LogP contribution in [0.15, 0.2) is 18.2 Å². The number of rotatable bonds is 5. The standard InChI is InChI=1S/C16H24N2O3/c1-4-16(7-9-17-10-8-16)15(19)18-13-11-12(20-2)5-6-14(13)21-3/h5-6,11,17H,4,7-10H2,1-3H3,(H,18,19). The summed E-state index contributed by atoms with van der Waals surface area (Å²) >= 11 is 0. The van der Waals surface area contributed by atoms with Gasteiger partial charge in [-0.2, -0.15) is 0 Å². The van der Waals surface area contributed by atoms with Crippen LogP contribution in [-0.2, 0) is 4.79 Å². The molecule has 1 aliphatic heterocycles. The van der Waals surface area contributed by atoms with Gasteiger partial charge < -0.3 is 20.1 Å². The zero-order valence-electron chi connectivity index (χ0n) is 13.0. The summed E-state index contributed by atoms with van der Waals surface area (Å²) in [5.41, 5.74) is 0.368. The molecule has 0 bridgehead atoms. The Bertz CT molecular complexity index is 496. The third-order valence-electron chi connectivity index (χ3n) is 4.37. The van der Waals surface area contributed by atoms with Gasteiger partial charge in [0.1, 0.15) is 11.5 Å². The molecule has 1 aromatic rings. The van der Waals surface area contributed by atoms with Crippen LogP contribution < -0.4 is 20.1 Å². The molecule has 5 heteroatoms. The van der Waals surface area contributed by atoms with Gasteiger partial charge in [-0.15, -0.1) is 0 Å². The zero-order chi connectivity index (χ0) is 15.3. The van der Waals surface area contributed by atoms with E-state index < -0.39 is 0 Å². The van der Waals surface area contributed by atoms with Crippen molar-refractivity contribution < 1.29 is 14.3 Å². The molecular formula is C16H24N2O3. The fourth-order valence-electron chi connectivity index (χ4n) is 2.81. The maximum Gasteiger partial charge on any atom is 0.230 e. The third-order valence-corrected chi connectivity index (χ3v) is 4.37. The summed E-state index contributed by atoms with van der Waals surface area (Å²) in [6.07, 6.45) is 2.57. The second-order valence-electron chi connectivity index (χ2n) is 5.40. The Kier molecular flexibility index (Phi) is 5.07.